The molecule has 11 nitrogen and oxygen atoms in total. The lowest BCUT2D eigenvalue weighted by atomic mass is 9.85. The van der Waals surface area contributed by atoms with Crippen LogP contribution in [0.25, 0.3) is 0 Å². The fourth-order valence-corrected chi connectivity index (χ4v) is 6.44. The van der Waals surface area contributed by atoms with Gasteiger partial charge in [0.15, 0.2) is 0 Å². The molecule has 1 aliphatic carbocycles. The molecule has 4 rings (SSSR count). The van der Waals surface area contributed by atoms with E-state index in [0.29, 0.717) is 17.9 Å². The molecule has 3 aliphatic heterocycles. The van der Waals surface area contributed by atoms with Crippen LogP contribution in [-0.2, 0) is 28.8 Å². The zero-order chi connectivity index (χ0) is 32.4. The Morgan fingerprint density at radius 2 is 1.65 bits per heavy atom. The van der Waals surface area contributed by atoms with Gasteiger partial charge in [0.1, 0.15) is 12.1 Å². The Labute approximate surface area is 244 Å². The summed E-state index contributed by atoms with van der Waals surface area (Å²) in [7, 11) is 0. The number of amides is 5. The lowest BCUT2D eigenvalue weighted by Crippen LogP contribution is -2.63. The van der Waals surface area contributed by atoms with E-state index in [9.17, 15) is 50.7 Å². The van der Waals surface area contributed by atoms with Crippen LogP contribution in [0.3, 0.4) is 0 Å². The van der Waals surface area contributed by atoms with E-state index in [1.807, 2.05) is 13.8 Å². The van der Waals surface area contributed by atoms with Gasteiger partial charge in [0.05, 0.1) is 19.1 Å². The molecule has 0 aromatic carbocycles. The van der Waals surface area contributed by atoms with Crippen molar-refractivity contribution in [3.05, 3.63) is 0 Å². The van der Waals surface area contributed by atoms with Crippen molar-refractivity contribution in [3.8, 4) is 0 Å². The number of nitrogens with one attached hydrogen (secondary N) is 3. The van der Waals surface area contributed by atoms with Crippen molar-refractivity contribution in [2.75, 3.05) is 26.2 Å². The summed E-state index contributed by atoms with van der Waals surface area (Å²) in [4.78, 5) is 79.2. The topological polar surface area (TPSA) is 145 Å². The molecule has 240 valence electrons. The molecule has 4 aliphatic rings. The second-order valence-corrected chi connectivity index (χ2v) is 13.6. The fraction of sp³-hybridized carbons (Fsp3) is 0.778. The molecule has 1 saturated carbocycles. The molecular weight excluding hydrogens is 585 g/mol. The van der Waals surface area contributed by atoms with Crippen LogP contribution in [0.1, 0.15) is 47.5 Å². The number of fused-ring (bicyclic) bond motifs is 1. The number of rotatable bonds is 8. The minimum atomic E-state index is -5.26. The summed E-state index contributed by atoms with van der Waals surface area (Å²) in [6.45, 7) is 6.40. The summed E-state index contributed by atoms with van der Waals surface area (Å²) in [5, 5.41) is 6.80. The number of carbonyl (C=O) groups is 6. The van der Waals surface area contributed by atoms with E-state index in [-0.39, 0.29) is 18.9 Å². The van der Waals surface area contributed by atoms with E-state index in [0.717, 1.165) is 4.90 Å². The zero-order valence-corrected chi connectivity index (χ0v) is 24.4. The highest BCUT2D eigenvalue weighted by molar-refractivity contribution is 6.38. The van der Waals surface area contributed by atoms with E-state index in [4.69, 9.17) is 0 Å². The maximum atomic E-state index is 13.8. The quantitative estimate of drug-likeness (QED) is 0.268. The van der Waals surface area contributed by atoms with Crippen LogP contribution in [0.4, 0.5) is 22.0 Å². The highest BCUT2D eigenvalue weighted by atomic mass is 19.4. The van der Waals surface area contributed by atoms with E-state index in [1.54, 1.807) is 5.32 Å². The molecule has 0 bridgehead atoms. The standard InChI is InChI=1S/C27H36F5N5O6/c1-24(2,3)18(35-23(43)27(30,31)32)22(42)37-9-13-15(25(13,4)5)16(37)20(40)34-14(8-12-6-7-33-19(12)39)17(38)21(41)36-10-26(28,29)11-36/h12-16,18H,6-11H2,1-5H3,(H,33,39)(H,34,40)(H,35,43)/t12-,13-,14?,15-,16-,18?/m0/s1. The molecule has 0 radical (unpaired) electrons. The van der Waals surface area contributed by atoms with Crippen LogP contribution in [0.2, 0.25) is 0 Å². The average molecular weight is 622 g/mol. The number of halogens is 5. The average Bonchev–Trinajstić information content (AvgIpc) is 3.21. The monoisotopic (exact) mass is 621 g/mol. The van der Waals surface area contributed by atoms with Crippen LogP contribution in [0, 0.1) is 28.6 Å². The number of nitrogens with zero attached hydrogens (tertiary/aromatic N) is 2. The highest BCUT2D eigenvalue weighted by Gasteiger charge is 2.70. The maximum Gasteiger partial charge on any atom is 0.471 e. The van der Waals surface area contributed by atoms with Crippen molar-refractivity contribution < 1.29 is 50.7 Å². The van der Waals surface area contributed by atoms with Crippen LogP contribution in [0.5, 0.6) is 0 Å². The molecule has 6 atom stereocenters. The summed E-state index contributed by atoms with van der Waals surface area (Å²) in [6.07, 6.45) is -5.26. The van der Waals surface area contributed by atoms with Gasteiger partial charge in [-0.3, -0.25) is 28.8 Å². The Bertz CT molecular complexity index is 1220. The van der Waals surface area contributed by atoms with Crippen molar-refractivity contribution in [2.45, 2.75) is 77.7 Å². The number of carbonyl (C=O) groups excluding carboxylic acids is 6. The third-order valence-corrected chi connectivity index (χ3v) is 9.06. The molecule has 43 heavy (non-hydrogen) atoms. The Morgan fingerprint density at radius 1 is 1.05 bits per heavy atom. The first-order valence-corrected chi connectivity index (χ1v) is 14.0. The van der Waals surface area contributed by atoms with E-state index < -0.39 is 101 Å². The van der Waals surface area contributed by atoms with Gasteiger partial charge in [0, 0.05) is 19.0 Å². The fourth-order valence-electron chi connectivity index (χ4n) is 6.44. The van der Waals surface area contributed by atoms with Gasteiger partial charge in [-0.05, 0) is 35.5 Å². The van der Waals surface area contributed by atoms with Gasteiger partial charge in [-0.1, -0.05) is 34.6 Å². The van der Waals surface area contributed by atoms with Gasteiger partial charge in [-0.15, -0.1) is 0 Å². The summed E-state index contributed by atoms with van der Waals surface area (Å²) < 4.78 is 66.0. The molecule has 5 amide bonds. The van der Waals surface area contributed by atoms with Gasteiger partial charge in [-0.2, -0.15) is 13.2 Å². The van der Waals surface area contributed by atoms with Crippen molar-refractivity contribution in [1.29, 1.82) is 0 Å². The van der Waals surface area contributed by atoms with Crippen LogP contribution in [-0.4, -0.2) is 102 Å². The first-order chi connectivity index (χ1) is 19.6. The molecule has 16 heteroatoms. The van der Waals surface area contributed by atoms with Gasteiger partial charge >= 0.3 is 12.1 Å². The molecule has 0 aromatic heterocycles. The third kappa shape index (κ3) is 6.33. The minimum absolute atomic E-state index is 0.00547. The van der Waals surface area contributed by atoms with Gasteiger partial charge in [0.2, 0.25) is 23.5 Å². The summed E-state index contributed by atoms with van der Waals surface area (Å²) in [5.41, 5.74) is -1.64. The van der Waals surface area contributed by atoms with Crippen LogP contribution in [0.15, 0.2) is 0 Å². The van der Waals surface area contributed by atoms with Gasteiger partial charge in [-0.25, -0.2) is 8.78 Å². The number of hydrogen-bond donors (Lipinski definition) is 3. The van der Waals surface area contributed by atoms with Crippen LogP contribution >= 0.6 is 0 Å². The summed E-state index contributed by atoms with van der Waals surface area (Å²) in [5.74, 6) is -11.6. The van der Waals surface area contributed by atoms with Crippen molar-refractivity contribution in [2.24, 2.45) is 28.6 Å². The molecule has 3 N–H and O–H groups in total. The number of alkyl halides is 5. The number of likely N-dealkylation sites (tertiary alicyclic amines) is 2. The number of hydrogen-bond acceptors (Lipinski definition) is 6. The second-order valence-electron chi connectivity index (χ2n) is 13.6. The highest BCUT2D eigenvalue weighted by Crippen LogP contribution is 2.65. The first kappa shape index (κ1) is 32.6. The predicted molar refractivity (Wildman–Crippen MR) is 138 cm³/mol. The van der Waals surface area contributed by atoms with Gasteiger partial charge in [0.25, 0.3) is 11.8 Å². The van der Waals surface area contributed by atoms with E-state index in [1.165, 1.54) is 20.8 Å². The number of ketones is 1. The third-order valence-electron chi connectivity index (χ3n) is 9.06. The van der Waals surface area contributed by atoms with Crippen molar-refractivity contribution >= 4 is 35.3 Å². The zero-order valence-electron chi connectivity index (χ0n) is 24.4. The lowest BCUT2D eigenvalue weighted by Gasteiger charge is -2.39. The predicted octanol–water partition coefficient (Wildman–Crippen LogP) is 0.620. The Hall–Kier alpha value is -3.33. The molecule has 4 fully saturated rings. The summed E-state index contributed by atoms with van der Waals surface area (Å²) in [6, 6.07) is -4.51. The molecule has 0 aromatic rings. The molecule has 3 heterocycles. The smallest absolute Gasteiger partial charge is 0.356 e. The molecular formula is C27H36F5N5O6. The van der Waals surface area contributed by atoms with Crippen molar-refractivity contribution in [3.63, 3.8) is 0 Å². The first-order valence-electron chi connectivity index (χ1n) is 14.0. The van der Waals surface area contributed by atoms with Crippen molar-refractivity contribution in [1.82, 2.24) is 25.8 Å². The molecule has 2 unspecified atom stereocenters. The Balaban J connectivity index is 1.59. The number of piperidine rings is 1. The summed E-state index contributed by atoms with van der Waals surface area (Å²) >= 11 is 0. The lowest BCUT2D eigenvalue weighted by molar-refractivity contribution is -0.176. The molecule has 0 spiro atoms. The second kappa shape index (κ2) is 10.7. The SMILES string of the molecule is CC(C)(C)C(NC(=O)C(F)(F)F)C(=O)N1C[C@H]2[C@@H]([C@H]1C(=O)NC(C[C@@H]1CCNC1=O)C(=O)C(=O)N1CC(F)(F)C1)C2(C)C. The van der Waals surface area contributed by atoms with Crippen LogP contribution < -0.4 is 16.0 Å². The maximum absolute atomic E-state index is 13.8. The largest absolute Gasteiger partial charge is 0.471 e. The normalized spacial score (nSPS) is 28.7. The van der Waals surface area contributed by atoms with E-state index in [2.05, 4.69) is 10.6 Å². The Kier molecular flexibility index (Phi) is 8.09. The minimum Gasteiger partial charge on any atom is -0.356 e. The molecule has 3 saturated heterocycles. The van der Waals surface area contributed by atoms with E-state index >= 15 is 0 Å². The Morgan fingerprint density at radius 3 is 2.14 bits per heavy atom. The van der Waals surface area contributed by atoms with Gasteiger partial charge < -0.3 is 25.8 Å². The number of Topliss-reactive ketones (excluding diaryl/α,β-unsaturated/α-hetero) is 1.